The number of nitro groups is 1. The molecule has 0 aromatic heterocycles. The number of hydrogen-bond donors (Lipinski definition) is 1. The molecule has 10 heteroatoms. The maximum absolute atomic E-state index is 13.6. The molecule has 0 aliphatic carbocycles. The van der Waals surface area contributed by atoms with Gasteiger partial charge in [0.05, 0.1) is 15.5 Å². The van der Waals surface area contributed by atoms with Gasteiger partial charge >= 0.3 is 0 Å². The monoisotopic (exact) mass is 500 g/mol. The van der Waals surface area contributed by atoms with Gasteiger partial charge in [-0.15, -0.1) is 0 Å². The summed E-state index contributed by atoms with van der Waals surface area (Å²) in [6.45, 7) is 3.50. The van der Waals surface area contributed by atoms with Gasteiger partial charge in [0.15, 0.2) is 11.6 Å². The maximum Gasteiger partial charge on any atom is 0.292 e. The lowest BCUT2D eigenvalue weighted by atomic mass is 10.1. The van der Waals surface area contributed by atoms with Crippen molar-refractivity contribution >= 4 is 34.6 Å². The molecule has 182 valence electrons. The highest BCUT2D eigenvalue weighted by Gasteiger charge is 2.26. The summed E-state index contributed by atoms with van der Waals surface area (Å²) in [5.74, 6) is -2.72. The number of piperazine rings is 1. The molecular weight excluding hydrogens is 478 g/mol. The van der Waals surface area contributed by atoms with Gasteiger partial charge in [-0.05, 0) is 36.8 Å². The number of anilines is 2. The first kappa shape index (κ1) is 24.4. The predicted molar refractivity (Wildman–Crippen MR) is 131 cm³/mol. The number of carbonyl (C=O) groups excluding carboxylic acids is 1. The summed E-state index contributed by atoms with van der Waals surface area (Å²) in [5.41, 5.74) is 2.05. The van der Waals surface area contributed by atoms with E-state index in [9.17, 15) is 23.7 Å². The van der Waals surface area contributed by atoms with E-state index in [1.165, 1.54) is 11.0 Å². The van der Waals surface area contributed by atoms with Crippen LogP contribution in [0.25, 0.3) is 0 Å². The van der Waals surface area contributed by atoms with E-state index in [0.717, 1.165) is 23.4 Å². The largest absolute Gasteiger partial charge is 0.373 e. The van der Waals surface area contributed by atoms with Crippen molar-refractivity contribution in [2.24, 2.45) is 0 Å². The van der Waals surface area contributed by atoms with E-state index in [0.29, 0.717) is 31.9 Å². The highest BCUT2D eigenvalue weighted by atomic mass is 35.5. The average molecular weight is 501 g/mol. The van der Waals surface area contributed by atoms with E-state index in [1.54, 1.807) is 12.1 Å². The van der Waals surface area contributed by atoms with Crippen LogP contribution in [0.4, 0.5) is 25.8 Å². The highest BCUT2D eigenvalue weighted by Crippen LogP contribution is 2.33. The van der Waals surface area contributed by atoms with Crippen molar-refractivity contribution in [3.63, 3.8) is 0 Å². The lowest BCUT2D eigenvalue weighted by Crippen LogP contribution is -2.48. The van der Waals surface area contributed by atoms with Crippen LogP contribution in [0.15, 0.2) is 60.7 Å². The quantitative estimate of drug-likeness (QED) is 0.268. The molecule has 4 rings (SSSR count). The molecule has 0 radical (unpaired) electrons. The Morgan fingerprint density at radius 2 is 1.69 bits per heavy atom. The Morgan fingerprint density at radius 3 is 2.34 bits per heavy atom. The maximum atomic E-state index is 13.6. The number of benzene rings is 3. The normalized spacial score (nSPS) is 14.5. The molecule has 0 saturated carbocycles. The molecule has 1 saturated heterocycles. The SMILES string of the molecule is C[C@@H](Nc1cc(N2CCN(C(=O)c3cc(F)c(F)cc3Cl)CC2)ccc1[N+](=O)[O-])c1ccccc1. The fraction of sp³-hybridized carbons (Fsp3) is 0.240. The van der Waals surface area contributed by atoms with Gasteiger partial charge < -0.3 is 15.1 Å². The molecule has 3 aromatic rings. The van der Waals surface area contributed by atoms with E-state index in [2.05, 4.69) is 5.32 Å². The second kappa shape index (κ2) is 10.3. The standard InChI is InChI=1S/C25H23ClF2N4O3/c1-16(17-5-3-2-4-6-17)29-23-13-18(7-8-24(23)32(34)35)30-9-11-31(12-10-30)25(33)19-14-21(27)22(28)15-20(19)26/h2-8,13-16,29H,9-12H2,1H3/t16-/m1/s1. The minimum atomic E-state index is -1.13. The highest BCUT2D eigenvalue weighted by molar-refractivity contribution is 6.33. The number of rotatable bonds is 6. The average Bonchev–Trinajstić information content (AvgIpc) is 2.86. The zero-order valence-corrected chi connectivity index (χ0v) is 19.6. The summed E-state index contributed by atoms with van der Waals surface area (Å²) in [6.07, 6.45) is 0. The fourth-order valence-corrected chi connectivity index (χ4v) is 4.31. The van der Waals surface area contributed by atoms with Crippen molar-refractivity contribution in [3.8, 4) is 0 Å². The lowest BCUT2D eigenvalue weighted by molar-refractivity contribution is -0.384. The Labute approximate surface area is 206 Å². The minimum absolute atomic E-state index is 0.0293. The molecule has 35 heavy (non-hydrogen) atoms. The molecule has 0 spiro atoms. The summed E-state index contributed by atoms with van der Waals surface area (Å²) in [4.78, 5) is 27.5. The molecule has 1 heterocycles. The fourth-order valence-electron chi connectivity index (χ4n) is 4.08. The van der Waals surface area contributed by atoms with Crippen LogP contribution in [-0.2, 0) is 0 Å². The van der Waals surface area contributed by atoms with Gasteiger partial charge in [0, 0.05) is 44.0 Å². The van der Waals surface area contributed by atoms with Gasteiger partial charge in [-0.3, -0.25) is 14.9 Å². The molecule has 0 bridgehead atoms. The van der Waals surface area contributed by atoms with Crippen LogP contribution >= 0.6 is 11.6 Å². The van der Waals surface area contributed by atoms with Crippen LogP contribution in [0.2, 0.25) is 5.02 Å². The van der Waals surface area contributed by atoms with Crippen LogP contribution in [0.3, 0.4) is 0 Å². The van der Waals surface area contributed by atoms with E-state index < -0.39 is 22.5 Å². The van der Waals surface area contributed by atoms with Crippen LogP contribution in [0, 0.1) is 21.7 Å². The third-order valence-corrected chi connectivity index (χ3v) is 6.33. The smallest absolute Gasteiger partial charge is 0.292 e. The van der Waals surface area contributed by atoms with Crippen LogP contribution in [0.5, 0.6) is 0 Å². The molecule has 1 fully saturated rings. The third kappa shape index (κ3) is 5.35. The number of carbonyl (C=O) groups is 1. The van der Waals surface area contributed by atoms with E-state index in [1.807, 2.05) is 42.2 Å². The zero-order valence-electron chi connectivity index (χ0n) is 18.9. The van der Waals surface area contributed by atoms with Crippen LogP contribution in [0.1, 0.15) is 28.9 Å². The van der Waals surface area contributed by atoms with Gasteiger partial charge in [0.25, 0.3) is 11.6 Å². The predicted octanol–water partition coefficient (Wildman–Crippen LogP) is 5.66. The molecule has 1 N–H and O–H groups in total. The van der Waals surface area contributed by atoms with Gasteiger partial charge in [-0.25, -0.2) is 8.78 Å². The number of hydrogen-bond acceptors (Lipinski definition) is 5. The van der Waals surface area contributed by atoms with E-state index in [-0.39, 0.29) is 22.3 Å². The van der Waals surface area contributed by atoms with Gasteiger partial charge in [0.1, 0.15) is 5.69 Å². The van der Waals surface area contributed by atoms with E-state index >= 15 is 0 Å². The topological polar surface area (TPSA) is 78.7 Å². The van der Waals surface area contributed by atoms with Crippen LogP contribution in [-0.4, -0.2) is 41.9 Å². The third-order valence-electron chi connectivity index (χ3n) is 6.02. The molecule has 1 aliphatic heterocycles. The summed E-state index contributed by atoms with van der Waals surface area (Å²) in [6, 6.07) is 16.0. The number of amides is 1. The second-order valence-corrected chi connectivity index (χ2v) is 8.67. The number of nitro benzene ring substituents is 1. The van der Waals surface area contributed by atoms with Crippen LogP contribution < -0.4 is 10.2 Å². The number of nitrogens with zero attached hydrogens (tertiary/aromatic N) is 3. The first-order chi connectivity index (χ1) is 16.7. The van der Waals surface area contributed by atoms with Gasteiger partial charge in [-0.2, -0.15) is 0 Å². The molecular formula is C25H23ClF2N4O3. The first-order valence-electron chi connectivity index (χ1n) is 11.0. The lowest BCUT2D eigenvalue weighted by Gasteiger charge is -2.36. The molecule has 1 atom stereocenters. The molecule has 0 unspecified atom stereocenters. The Bertz CT molecular complexity index is 1250. The Balaban J connectivity index is 1.48. The summed E-state index contributed by atoms with van der Waals surface area (Å²) < 4.78 is 27.0. The van der Waals surface area contributed by atoms with Crippen molar-refractivity contribution in [2.75, 3.05) is 36.4 Å². The van der Waals surface area contributed by atoms with Gasteiger partial charge in [-0.1, -0.05) is 41.9 Å². The zero-order chi connectivity index (χ0) is 25.1. The molecule has 1 amide bonds. The molecule has 3 aromatic carbocycles. The van der Waals surface area contributed by atoms with Crippen molar-refractivity contribution in [1.82, 2.24) is 4.90 Å². The number of halogens is 3. The first-order valence-corrected chi connectivity index (χ1v) is 11.4. The Hall–Kier alpha value is -3.72. The minimum Gasteiger partial charge on any atom is -0.373 e. The summed E-state index contributed by atoms with van der Waals surface area (Å²) in [5, 5.41) is 14.7. The Morgan fingerprint density at radius 1 is 1.03 bits per heavy atom. The summed E-state index contributed by atoms with van der Waals surface area (Å²) in [7, 11) is 0. The Kier molecular flexibility index (Phi) is 7.16. The van der Waals surface area contributed by atoms with Crippen molar-refractivity contribution < 1.29 is 18.5 Å². The van der Waals surface area contributed by atoms with Crippen molar-refractivity contribution in [1.29, 1.82) is 0 Å². The van der Waals surface area contributed by atoms with Gasteiger partial charge in [0.2, 0.25) is 0 Å². The van der Waals surface area contributed by atoms with Crippen molar-refractivity contribution in [3.05, 3.63) is 98.6 Å². The summed E-state index contributed by atoms with van der Waals surface area (Å²) >= 11 is 5.96. The molecule has 7 nitrogen and oxygen atoms in total. The molecule has 1 aliphatic rings. The second-order valence-electron chi connectivity index (χ2n) is 8.26. The van der Waals surface area contributed by atoms with Crippen molar-refractivity contribution in [2.45, 2.75) is 13.0 Å². The van der Waals surface area contributed by atoms with E-state index in [4.69, 9.17) is 11.6 Å². The number of nitrogens with one attached hydrogen (secondary N) is 1.